The fourth-order valence-electron chi connectivity index (χ4n) is 2.84. The number of carbonyl (C=O) groups is 1. The number of amides is 1. The van der Waals surface area contributed by atoms with Gasteiger partial charge in [-0.3, -0.25) is 9.69 Å². The first-order valence-corrected chi connectivity index (χ1v) is 9.99. The molecule has 1 amide bonds. The molecule has 1 saturated heterocycles. The number of nitrogens with zero attached hydrogens (tertiary/aromatic N) is 3. The molecule has 2 aromatic carbocycles. The molecule has 0 bridgehead atoms. The van der Waals surface area contributed by atoms with Crippen molar-refractivity contribution < 1.29 is 18.7 Å². The highest BCUT2D eigenvalue weighted by molar-refractivity contribution is 8.15. The number of ether oxygens (including phenoxy) is 2. The summed E-state index contributed by atoms with van der Waals surface area (Å²) >= 11 is 1.39. The van der Waals surface area contributed by atoms with Crippen LogP contribution in [0.1, 0.15) is 24.5 Å². The summed E-state index contributed by atoms with van der Waals surface area (Å²) in [5.74, 6) is 0.903. The number of methoxy groups -OCH3 is 2. The van der Waals surface area contributed by atoms with Gasteiger partial charge in [-0.25, -0.2) is 4.39 Å². The fraction of sp³-hybridized carbons (Fsp3) is 0.286. The maximum absolute atomic E-state index is 13.2. The van der Waals surface area contributed by atoms with Crippen molar-refractivity contribution in [1.82, 2.24) is 4.90 Å². The van der Waals surface area contributed by atoms with Gasteiger partial charge in [-0.15, -0.1) is 5.10 Å². The number of thioether (sulfide) groups is 1. The first kappa shape index (κ1) is 20.9. The summed E-state index contributed by atoms with van der Waals surface area (Å²) in [5, 5.41) is 8.76. The van der Waals surface area contributed by atoms with Gasteiger partial charge in [0.1, 0.15) is 5.82 Å². The Balaban J connectivity index is 1.80. The molecule has 152 valence electrons. The maximum Gasteiger partial charge on any atom is 0.242 e. The summed E-state index contributed by atoms with van der Waals surface area (Å²) in [5.41, 5.74) is 1.62. The van der Waals surface area contributed by atoms with Crippen LogP contribution in [0.15, 0.2) is 52.7 Å². The Morgan fingerprint density at radius 1 is 1.14 bits per heavy atom. The van der Waals surface area contributed by atoms with Crippen LogP contribution in [0.2, 0.25) is 0 Å². The van der Waals surface area contributed by atoms with Crippen molar-refractivity contribution >= 4 is 29.1 Å². The molecule has 3 rings (SSSR count). The number of hydrogen-bond acceptors (Lipinski definition) is 6. The lowest BCUT2D eigenvalue weighted by Crippen LogP contribution is -2.31. The molecular weight excluding hydrogens is 393 g/mol. The van der Waals surface area contributed by atoms with Crippen LogP contribution in [-0.4, -0.2) is 41.7 Å². The van der Waals surface area contributed by atoms with Gasteiger partial charge < -0.3 is 9.47 Å². The monoisotopic (exact) mass is 415 g/mol. The molecule has 1 aliphatic heterocycles. The Labute approximate surface area is 173 Å². The van der Waals surface area contributed by atoms with E-state index < -0.39 is 0 Å². The second-order valence-electron chi connectivity index (χ2n) is 6.31. The molecule has 0 radical (unpaired) electrons. The highest BCUT2D eigenvalue weighted by Crippen LogP contribution is 2.31. The van der Waals surface area contributed by atoms with Crippen molar-refractivity contribution in [3.8, 4) is 11.5 Å². The lowest BCUT2D eigenvalue weighted by atomic mass is 10.2. The Hall–Kier alpha value is -2.87. The molecule has 1 fully saturated rings. The molecular formula is C21H22FN3O3S. The van der Waals surface area contributed by atoms with Gasteiger partial charge in [0.2, 0.25) is 5.91 Å². The van der Waals surface area contributed by atoms with Crippen molar-refractivity contribution in [3.63, 3.8) is 0 Å². The normalized spacial score (nSPS) is 18.1. The third-order valence-corrected chi connectivity index (χ3v) is 5.73. The zero-order valence-corrected chi connectivity index (χ0v) is 17.3. The second-order valence-corrected chi connectivity index (χ2v) is 7.48. The van der Waals surface area contributed by atoms with E-state index in [9.17, 15) is 9.18 Å². The Morgan fingerprint density at radius 3 is 2.52 bits per heavy atom. The molecule has 0 aromatic heterocycles. The van der Waals surface area contributed by atoms with E-state index in [1.165, 1.54) is 23.9 Å². The predicted octanol–water partition coefficient (Wildman–Crippen LogP) is 4.09. The van der Waals surface area contributed by atoms with Gasteiger partial charge in [0.25, 0.3) is 0 Å². The van der Waals surface area contributed by atoms with Gasteiger partial charge in [-0.1, -0.05) is 30.8 Å². The maximum atomic E-state index is 13.2. The Kier molecular flexibility index (Phi) is 6.87. The lowest BCUT2D eigenvalue weighted by Gasteiger charge is -2.15. The summed E-state index contributed by atoms with van der Waals surface area (Å²) in [6.45, 7) is 2.29. The van der Waals surface area contributed by atoms with E-state index in [0.29, 0.717) is 29.6 Å². The second kappa shape index (κ2) is 9.56. The Morgan fingerprint density at radius 2 is 1.86 bits per heavy atom. The van der Waals surface area contributed by atoms with E-state index in [1.54, 1.807) is 49.6 Å². The van der Waals surface area contributed by atoms with E-state index in [2.05, 4.69) is 10.2 Å². The molecule has 2 aromatic rings. The molecule has 1 unspecified atom stereocenters. The van der Waals surface area contributed by atoms with E-state index >= 15 is 0 Å². The molecule has 0 N–H and O–H groups in total. The molecule has 0 spiro atoms. The summed E-state index contributed by atoms with van der Waals surface area (Å²) < 4.78 is 23.7. The van der Waals surface area contributed by atoms with E-state index in [4.69, 9.17) is 9.47 Å². The number of benzene rings is 2. The Bertz CT molecular complexity index is 931. The van der Waals surface area contributed by atoms with Crippen LogP contribution in [-0.2, 0) is 11.3 Å². The highest BCUT2D eigenvalue weighted by atomic mass is 32.2. The first-order chi connectivity index (χ1) is 14.0. The van der Waals surface area contributed by atoms with Crippen LogP contribution in [0.3, 0.4) is 0 Å². The van der Waals surface area contributed by atoms with Crippen molar-refractivity contribution in [1.29, 1.82) is 0 Å². The van der Waals surface area contributed by atoms with Crippen LogP contribution >= 0.6 is 11.8 Å². The van der Waals surface area contributed by atoms with Crippen LogP contribution < -0.4 is 9.47 Å². The number of amidine groups is 1. The summed E-state index contributed by atoms with van der Waals surface area (Å²) in [4.78, 5) is 14.3. The minimum Gasteiger partial charge on any atom is -0.493 e. The molecule has 0 saturated carbocycles. The highest BCUT2D eigenvalue weighted by Gasteiger charge is 2.36. The molecule has 29 heavy (non-hydrogen) atoms. The molecule has 1 heterocycles. The summed E-state index contributed by atoms with van der Waals surface area (Å²) in [6, 6.07) is 11.5. The van der Waals surface area contributed by atoms with Crippen LogP contribution in [0, 0.1) is 5.82 Å². The van der Waals surface area contributed by atoms with E-state index in [1.807, 2.05) is 13.0 Å². The predicted molar refractivity (Wildman–Crippen MR) is 113 cm³/mol. The van der Waals surface area contributed by atoms with Crippen molar-refractivity contribution in [2.24, 2.45) is 10.2 Å². The number of carbonyl (C=O) groups excluding carboxylic acids is 1. The van der Waals surface area contributed by atoms with Gasteiger partial charge in [0.05, 0.1) is 32.2 Å². The molecule has 8 heteroatoms. The fourth-order valence-corrected chi connectivity index (χ4v) is 3.87. The zero-order valence-electron chi connectivity index (χ0n) is 16.5. The summed E-state index contributed by atoms with van der Waals surface area (Å²) in [7, 11) is 3.14. The number of rotatable bonds is 7. The van der Waals surface area contributed by atoms with Gasteiger partial charge in [0.15, 0.2) is 16.7 Å². The smallest absolute Gasteiger partial charge is 0.242 e. The molecule has 1 atom stereocenters. The van der Waals surface area contributed by atoms with Gasteiger partial charge >= 0.3 is 0 Å². The standard InChI is InChI=1S/C21H22FN3O3S/c1-4-19-20(26)25(13-14-5-8-16(22)9-6-14)21(29-19)24-23-12-15-7-10-17(27-2)18(11-15)28-3/h5-12,19H,4,13H2,1-3H3. The topological polar surface area (TPSA) is 63.5 Å². The van der Waals surface area contributed by atoms with Gasteiger partial charge in [-0.05, 0) is 47.9 Å². The average molecular weight is 415 g/mol. The van der Waals surface area contributed by atoms with Crippen molar-refractivity contribution in [2.45, 2.75) is 25.1 Å². The third kappa shape index (κ3) is 4.95. The molecule has 0 aliphatic carbocycles. The zero-order chi connectivity index (χ0) is 20.8. The average Bonchev–Trinajstić information content (AvgIpc) is 3.04. The summed E-state index contributed by atoms with van der Waals surface area (Å²) in [6.07, 6.45) is 2.29. The molecule has 6 nitrogen and oxygen atoms in total. The lowest BCUT2D eigenvalue weighted by molar-refractivity contribution is -0.126. The van der Waals surface area contributed by atoms with E-state index in [-0.39, 0.29) is 17.0 Å². The largest absolute Gasteiger partial charge is 0.493 e. The first-order valence-electron chi connectivity index (χ1n) is 9.11. The SMILES string of the molecule is CCC1SC(=NN=Cc2ccc(OC)c(OC)c2)N(Cc2ccc(F)cc2)C1=O. The molecule has 1 aliphatic rings. The van der Waals surface area contributed by atoms with Crippen LogP contribution in [0.5, 0.6) is 11.5 Å². The van der Waals surface area contributed by atoms with Crippen molar-refractivity contribution in [2.75, 3.05) is 14.2 Å². The number of halogens is 1. The van der Waals surface area contributed by atoms with Crippen molar-refractivity contribution in [3.05, 3.63) is 59.4 Å². The number of hydrogen-bond donors (Lipinski definition) is 0. The van der Waals surface area contributed by atoms with Gasteiger partial charge in [-0.2, -0.15) is 5.10 Å². The van der Waals surface area contributed by atoms with Crippen LogP contribution in [0.4, 0.5) is 4.39 Å². The third-order valence-electron chi connectivity index (χ3n) is 4.40. The quantitative estimate of drug-likeness (QED) is 0.505. The van der Waals surface area contributed by atoms with E-state index in [0.717, 1.165) is 11.1 Å². The van der Waals surface area contributed by atoms with Gasteiger partial charge in [0, 0.05) is 0 Å². The minimum atomic E-state index is -0.310. The minimum absolute atomic E-state index is 0.0121. The van der Waals surface area contributed by atoms with Crippen LogP contribution in [0.25, 0.3) is 0 Å².